The van der Waals surface area contributed by atoms with Crippen LogP contribution in [0.2, 0.25) is 0 Å². The summed E-state index contributed by atoms with van der Waals surface area (Å²) in [5.74, 6) is 0.918. The van der Waals surface area contributed by atoms with Crippen molar-refractivity contribution < 1.29 is 9.53 Å². The van der Waals surface area contributed by atoms with Gasteiger partial charge in [-0.1, -0.05) is 6.92 Å². The van der Waals surface area contributed by atoms with E-state index in [1.807, 2.05) is 17.1 Å². The van der Waals surface area contributed by atoms with Crippen LogP contribution in [0.3, 0.4) is 0 Å². The second kappa shape index (κ2) is 8.43. The Morgan fingerprint density at radius 1 is 1.63 bits per heavy atom. The van der Waals surface area contributed by atoms with Gasteiger partial charge < -0.3 is 9.64 Å². The monoisotopic (exact) mass is 302 g/mol. The largest absolute Gasteiger partial charge is 0.469 e. The van der Waals surface area contributed by atoms with Crippen molar-refractivity contribution in [3.63, 3.8) is 0 Å². The predicted octanol–water partition coefficient (Wildman–Crippen LogP) is 2.83. The Bertz CT molecular complexity index is 396. The average Bonchev–Trinajstić information content (AvgIpc) is 2.90. The second-order valence-corrected chi connectivity index (χ2v) is 6.07. The molecule has 108 valence electrons. The minimum absolute atomic E-state index is 0.184. The third-order valence-electron chi connectivity index (χ3n) is 3.03. The number of aromatic nitrogens is 1. The smallest absolute Gasteiger partial charge is 0.305 e. The maximum absolute atomic E-state index is 11.1. The van der Waals surface area contributed by atoms with Crippen LogP contribution < -0.4 is 4.90 Å². The summed E-state index contributed by atoms with van der Waals surface area (Å²) in [7, 11) is 3.50. The Balaban J connectivity index is 2.59. The Morgan fingerprint density at radius 3 is 2.95 bits per heavy atom. The molecule has 0 N–H and O–H groups in total. The number of esters is 1. The fourth-order valence-electron chi connectivity index (χ4n) is 1.76. The van der Waals surface area contributed by atoms with Gasteiger partial charge in [0.25, 0.3) is 0 Å². The summed E-state index contributed by atoms with van der Waals surface area (Å²) in [5.41, 5.74) is 0.969. The summed E-state index contributed by atoms with van der Waals surface area (Å²) in [4.78, 5) is 17.9. The topological polar surface area (TPSA) is 42.4 Å². The lowest BCUT2D eigenvalue weighted by Crippen LogP contribution is -2.33. The highest BCUT2D eigenvalue weighted by molar-refractivity contribution is 7.98. The third-order valence-corrected chi connectivity index (χ3v) is 4.73. The van der Waals surface area contributed by atoms with Crippen LogP contribution in [0.15, 0.2) is 5.38 Å². The zero-order valence-corrected chi connectivity index (χ0v) is 13.6. The molecule has 1 aromatic heterocycles. The predicted molar refractivity (Wildman–Crippen MR) is 83.3 cm³/mol. The van der Waals surface area contributed by atoms with E-state index < -0.39 is 0 Å². The molecule has 1 heterocycles. The first-order valence-electron chi connectivity index (χ1n) is 6.35. The first-order chi connectivity index (χ1) is 9.12. The molecule has 1 unspecified atom stereocenters. The number of hydrogen-bond donors (Lipinski definition) is 0. The Hall–Kier alpha value is -0.750. The molecule has 1 rings (SSSR count). The molecule has 4 nitrogen and oxygen atoms in total. The van der Waals surface area contributed by atoms with Crippen molar-refractivity contribution in [2.45, 2.75) is 32.2 Å². The average molecular weight is 302 g/mol. The molecule has 0 fully saturated rings. The van der Waals surface area contributed by atoms with Crippen LogP contribution in [-0.4, -0.2) is 43.2 Å². The van der Waals surface area contributed by atoms with Crippen LogP contribution >= 0.6 is 23.1 Å². The highest BCUT2D eigenvalue weighted by Gasteiger charge is 2.16. The van der Waals surface area contributed by atoms with E-state index in [9.17, 15) is 4.79 Å². The van der Waals surface area contributed by atoms with Crippen LogP contribution in [0.25, 0.3) is 0 Å². The van der Waals surface area contributed by atoms with Gasteiger partial charge in [0, 0.05) is 30.6 Å². The van der Waals surface area contributed by atoms with Gasteiger partial charge in [0.1, 0.15) is 0 Å². The van der Waals surface area contributed by atoms with Crippen LogP contribution in [0.5, 0.6) is 0 Å². The van der Waals surface area contributed by atoms with Crippen LogP contribution in [0, 0.1) is 0 Å². The van der Waals surface area contributed by atoms with Gasteiger partial charge in [-0.25, -0.2) is 4.98 Å². The number of thioether (sulfide) groups is 1. The maximum atomic E-state index is 11.1. The Morgan fingerprint density at radius 2 is 2.37 bits per heavy atom. The van der Waals surface area contributed by atoms with Crippen molar-refractivity contribution >= 4 is 34.2 Å². The molecule has 0 saturated carbocycles. The zero-order valence-electron chi connectivity index (χ0n) is 12.0. The zero-order chi connectivity index (χ0) is 14.3. The first kappa shape index (κ1) is 16.3. The number of rotatable bonds is 8. The highest BCUT2D eigenvalue weighted by atomic mass is 32.2. The van der Waals surface area contributed by atoms with E-state index in [2.05, 4.69) is 34.8 Å². The molecular weight excluding hydrogens is 280 g/mol. The number of nitrogens with zero attached hydrogens (tertiary/aromatic N) is 2. The number of carbonyl (C=O) groups is 1. The lowest BCUT2D eigenvalue weighted by Gasteiger charge is -2.26. The molecule has 0 bridgehead atoms. The molecule has 0 saturated heterocycles. The molecule has 19 heavy (non-hydrogen) atoms. The van der Waals surface area contributed by atoms with E-state index in [1.54, 1.807) is 11.3 Å². The fourth-order valence-corrected chi connectivity index (χ4v) is 3.50. The molecule has 0 radical (unpaired) electrons. The standard InChI is InChI=1S/C13H22N2O2S2/c1-5-11(9-18-4)15(2)13-14-10(8-19-13)6-7-12(16)17-3/h8,11H,5-7,9H2,1-4H3. The lowest BCUT2D eigenvalue weighted by molar-refractivity contribution is -0.140. The van der Waals surface area contributed by atoms with Crippen molar-refractivity contribution in [1.29, 1.82) is 0 Å². The molecular formula is C13H22N2O2S2. The summed E-state index contributed by atoms with van der Waals surface area (Å²) in [6.07, 6.45) is 4.27. The van der Waals surface area contributed by atoms with Crippen LogP contribution in [-0.2, 0) is 16.0 Å². The maximum Gasteiger partial charge on any atom is 0.305 e. The van der Waals surface area contributed by atoms with Gasteiger partial charge in [0.2, 0.25) is 0 Å². The fraction of sp³-hybridized carbons (Fsp3) is 0.692. The summed E-state index contributed by atoms with van der Waals surface area (Å²) in [5, 5.41) is 3.06. The molecule has 0 aliphatic carbocycles. The third kappa shape index (κ3) is 5.03. The summed E-state index contributed by atoms with van der Waals surface area (Å²) >= 11 is 3.50. The van der Waals surface area contributed by atoms with Crippen LogP contribution in [0.1, 0.15) is 25.5 Å². The van der Waals surface area contributed by atoms with E-state index in [1.165, 1.54) is 7.11 Å². The van der Waals surface area contributed by atoms with Gasteiger partial charge in [0.05, 0.1) is 19.2 Å². The number of anilines is 1. The molecule has 1 aromatic rings. The normalized spacial score (nSPS) is 12.2. The van der Waals surface area contributed by atoms with E-state index in [0.29, 0.717) is 18.9 Å². The van der Waals surface area contributed by atoms with Crippen LogP contribution in [0.4, 0.5) is 5.13 Å². The van der Waals surface area contributed by atoms with E-state index in [0.717, 1.165) is 23.0 Å². The van der Waals surface area contributed by atoms with Gasteiger partial charge in [-0.2, -0.15) is 11.8 Å². The van der Waals surface area contributed by atoms with E-state index in [-0.39, 0.29) is 5.97 Å². The van der Waals surface area contributed by atoms with E-state index >= 15 is 0 Å². The first-order valence-corrected chi connectivity index (χ1v) is 8.62. The molecule has 0 aliphatic rings. The number of methoxy groups -OCH3 is 1. The van der Waals surface area contributed by atoms with Crippen molar-refractivity contribution in [2.24, 2.45) is 0 Å². The summed E-state index contributed by atoms with van der Waals surface area (Å²) in [6.45, 7) is 2.20. The van der Waals surface area contributed by atoms with Gasteiger partial charge in [0.15, 0.2) is 5.13 Å². The summed E-state index contributed by atoms with van der Waals surface area (Å²) in [6, 6.07) is 0.509. The van der Waals surface area contributed by atoms with Crippen molar-refractivity contribution in [3.8, 4) is 0 Å². The Labute approximate surface area is 123 Å². The van der Waals surface area contributed by atoms with Gasteiger partial charge in [-0.3, -0.25) is 4.79 Å². The van der Waals surface area contributed by atoms with Crippen molar-refractivity contribution in [2.75, 3.05) is 31.1 Å². The minimum Gasteiger partial charge on any atom is -0.469 e. The number of aryl methyl sites for hydroxylation is 1. The van der Waals surface area contributed by atoms with Gasteiger partial charge >= 0.3 is 5.97 Å². The highest BCUT2D eigenvalue weighted by Crippen LogP contribution is 2.24. The Kier molecular flexibility index (Phi) is 7.23. The van der Waals surface area contributed by atoms with Crippen molar-refractivity contribution in [3.05, 3.63) is 11.1 Å². The quantitative estimate of drug-likeness (QED) is 0.691. The number of carbonyl (C=O) groups excluding carboxylic acids is 1. The van der Waals surface area contributed by atoms with E-state index in [4.69, 9.17) is 0 Å². The molecule has 0 amide bonds. The van der Waals surface area contributed by atoms with Crippen molar-refractivity contribution in [1.82, 2.24) is 4.98 Å². The SMILES string of the molecule is CCC(CSC)N(C)c1nc(CCC(=O)OC)cs1. The summed E-state index contributed by atoms with van der Waals surface area (Å²) < 4.78 is 4.64. The number of thiazole rings is 1. The lowest BCUT2D eigenvalue weighted by atomic mass is 10.2. The van der Waals surface area contributed by atoms with Gasteiger partial charge in [-0.15, -0.1) is 11.3 Å². The molecule has 0 spiro atoms. The molecule has 0 aliphatic heterocycles. The number of ether oxygens (including phenoxy) is 1. The second-order valence-electron chi connectivity index (χ2n) is 4.33. The minimum atomic E-state index is -0.184. The molecule has 6 heteroatoms. The van der Waals surface area contributed by atoms with Gasteiger partial charge in [-0.05, 0) is 12.7 Å². The molecule has 1 atom stereocenters. The number of hydrogen-bond acceptors (Lipinski definition) is 6. The molecule has 0 aromatic carbocycles.